The van der Waals surface area contributed by atoms with Gasteiger partial charge in [0.25, 0.3) is 0 Å². The minimum absolute atomic E-state index is 0.377. The monoisotopic (exact) mass is 282 g/mol. The van der Waals surface area contributed by atoms with Gasteiger partial charge in [-0.2, -0.15) is 0 Å². The third kappa shape index (κ3) is 6.16. The molecule has 3 N–H and O–H groups in total. The van der Waals surface area contributed by atoms with Crippen LogP contribution in [-0.2, 0) is 11.3 Å². The van der Waals surface area contributed by atoms with Gasteiger partial charge in [0.1, 0.15) is 18.2 Å². The number of hydrogen-bond donors (Lipinski definition) is 3. The van der Waals surface area contributed by atoms with Crippen molar-refractivity contribution in [2.75, 3.05) is 30.8 Å². The Hall–Kier alpha value is -1.40. The molecule has 0 amide bonds. The molecule has 0 fully saturated rings. The summed E-state index contributed by atoms with van der Waals surface area (Å²) in [5, 5.41) is 16.0. The van der Waals surface area contributed by atoms with Crippen molar-refractivity contribution in [1.82, 2.24) is 9.97 Å². The minimum atomic E-state index is -0.377. The summed E-state index contributed by atoms with van der Waals surface area (Å²) in [5.41, 5.74) is 0. The quantitative estimate of drug-likeness (QED) is 0.642. The van der Waals surface area contributed by atoms with Gasteiger partial charge >= 0.3 is 0 Å². The number of aliphatic hydroxyl groups is 1. The third-order valence-electron chi connectivity index (χ3n) is 2.73. The lowest BCUT2D eigenvalue weighted by molar-refractivity contribution is 0.128. The van der Waals surface area contributed by atoms with E-state index >= 15 is 0 Å². The van der Waals surface area contributed by atoms with E-state index in [9.17, 15) is 5.11 Å². The number of aliphatic hydroxyl groups excluding tert-OH is 1. The third-order valence-corrected chi connectivity index (χ3v) is 2.73. The second kappa shape index (κ2) is 8.71. The van der Waals surface area contributed by atoms with E-state index in [1.807, 2.05) is 20.0 Å². The predicted molar refractivity (Wildman–Crippen MR) is 80.9 cm³/mol. The van der Waals surface area contributed by atoms with E-state index in [1.54, 1.807) is 0 Å². The molecule has 0 bridgehead atoms. The first kappa shape index (κ1) is 16.7. The van der Waals surface area contributed by atoms with Crippen molar-refractivity contribution in [3.05, 3.63) is 11.9 Å². The topological polar surface area (TPSA) is 79.3 Å². The number of rotatable bonds is 9. The fourth-order valence-electron chi connectivity index (χ4n) is 1.82. The Bertz CT molecular complexity index is 399. The molecule has 1 aromatic rings. The molecule has 0 radical (unpaired) electrons. The molecule has 20 heavy (non-hydrogen) atoms. The lowest BCUT2D eigenvalue weighted by Crippen LogP contribution is -2.22. The van der Waals surface area contributed by atoms with Crippen LogP contribution in [0.25, 0.3) is 0 Å². The predicted octanol–water partition coefficient (Wildman–Crippen LogP) is 1.87. The summed E-state index contributed by atoms with van der Waals surface area (Å²) in [7, 11) is 1.81. The normalized spacial score (nSPS) is 12.5. The average Bonchev–Trinajstić information content (AvgIpc) is 2.42. The molecule has 0 aliphatic heterocycles. The van der Waals surface area contributed by atoms with Crippen molar-refractivity contribution in [3.8, 4) is 0 Å². The van der Waals surface area contributed by atoms with Gasteiger partial charge in [-0.15, -0.1) is 0 Å². The molecule has 0 saturated heterocycles. The van der Waals surface area contributed by atoms with Gasteiger partial charge in [-0.3, -0.25) is 0 Å². The molecule has 0 aliphatic rings. The molecule has 1 heterocycles. The molecule has 0 aromatic carbocycles. The summed E-state index contributed by atoms with van der Waals surface area (Å²) < 4.78 is 5.32. The smallest absolute Gasteiger partial charge is 0.158 e. The second-order valence-electron chi connectivity index (χ2n) is 5.11. The van der Waals surface area contributed by atoms with Crippen LogP contribution in [0.3, 0.4) is 0 Å². The molecule has 0 aliphatic carbocycles. The van der Waals surface area contributed by atoms with Crippen LogP contribution < -0.4 is 10.6 Å². The van der Waals surface area contributed by atoms with Crippen molar-refractivity contribution in [2.45, 2.75) is 39.9 Å². The van der Waals surface area contributed by atoms with Gasteiger partial charge < -0.3 is 20.5 Å². The van der Waals surface area contributed by atoms with Crippen LogP contribution in [0.1, 0.15) is 33.0 Å². The summed E-state index contributed by atoms with van der Waals surface area (Å²) in [6, 6.07) is 1.82. The number of nitrogens with zero attached hydrogens (tertiary/aromatic N) is 2. The van der Waals surface area contributed by atoms with Gasteiger partial charge in [-0.25, -0.2) is 9.97 Å². The lowest BCUT2D eigenvalue weighted by Gasteiger charge is -2.15. The highest BCUT2D eigenvalue weighted by Gasteiger charge is 2.09. The van der Waals surface area contributed by atoms with Crippen molar-refractivity contribution >= 4 is 11.6 Å². The van der Waals surface area contributed by atoms with E-state index in [4.69, 9.17) is 4.74 Å². The Morgan fingerprint density at radius 3 is 2.60 bits per heavy atom. The first-order valence-electron chi connectivity index (χ1n) is 7.10. The Kier molecular flexibility index (Phi) is 7.25. The van der Waals surface area contributed by atoms with Crippen LogP contribution in [0, 0.1) is 5.92 Å². The van der Waals surface area contributed by atoms with Gasteiger partial charge in [0.05, 0.1) is 6.10 Å². The zero-order chi connectivity index (χ0) is 15.0. The zero-order valence-electron chi connectivity index (χ0n) is 12.8. The van der Waals surface area contributed by atoms with E-state index in [0.29, 0.717) is 37.3 Å². The minimum Gasteiger partial charge on any atom is -0.391 e. The van der Waals surface area contributed by atoms with E-state index in [2.05, 4.69) is 34.4 Å². The summed E-state index contributed by atoms with van der Waals surface area (Å²) in [6.45, 7) is 7.61. The van der Waals surface area contributed by atoms with Crippen LogP contribution in [0.15, 0.2) is 6.07 Å². The standard InChI is InChI=1S/C14H26N4O2/c1-5-20-9-14-17-12(15-4)7-13(18-14)16-8-11(19)6-10(2)3/h7,10-11,19H,5-6,8-9H2,1-4H3,(H2,15,16,17,18). The van der Waals surface area contributed by atoms with E-state index in [0.717, 1.165) is 12.2 Å². The van der Waals surface area contributed by atoms with Gasteiger partial charge in [-0.1, -0.05) is 13.8 Å². The van der Waals surface area contributed by atoms with Crippen molar-refractivity contribution in [3.63, 3.8) is 0 Å². The molecule has 0 saturated carbocycles. The van der Waals surface area contributed by atoms with Crippen LogP contribution >= 0.6 is 0 Å². The molecule has 0 spiro atoms. The number of aromatic nitrogens is 2. The molecule has 1 rings (SSSR count). The first-order chi connectivity index (χ1) is 9.55. The highest BCUT2D eigenvalue weighted by atomic mass is 16.5. The molecule has 1 aromatic heterocycles. The van der Waals surface area contributed by atoms with Crippen molar-refractivity contribution in [2.24, 2.45) is 5.92 Å². The first-order valence-corrected chi connectivity index (χ1v) is 7.10. The van der Waals surface area contributed by atoms with Crippen LogP contribution in [-0.4, -0.2) is 41.4 Å². The number of anilines is 2. The summed E-state index contributed by atoms with van der Waals surface area (Å²) in [5.74, 6) is 2.52. The van der Waals surface area contributed by atoms with Crippen LogP contribution in [0.5, 0.6) is 0 Å². The van der Waals surface area contributed by atoms with Gasteiger partial charge in [-0.05, 0) is 19.3 Å². The molecule has 1 unspecified atom stereocenters. The maximum absolute atomic E-state index is 9.87. The lowest BCUT2D eigenvalue weighted by atomic mass is 10.1. The maximum Gasteiger partial charge on any atom is 0.158 e. The number of ether oxygens (including phenoxy) is 1. The fourth-order valence-corrected chi connectivity index (χ4v) is 1.82. The Morgan fingerprint density at radius 2 is 2.00 bits per heavy atom. The largest absolute Gasteiger partial charge is 0.391 e. The Balaban J connectivity index is 2.63. The molecule has 1 atom stereocenters. The Morgan fingerprint density at radius 1 is 1.30 bits per heavy atom. The SMILES string of the molecule is CCOCc1nc(NC)cc(NCC(O)CC(C)C)n1. The average molecular weight is 282 g/mol. The number of nitrogens with one attached hydrogen (secondary N) is 2. The zero-order valence-corrected chi connectivity index (χ0v) is 12.8. The van der Waals surface area contributed by atoms with E-state index in [-0.39, 0.29) is 6.10 Å². The molecule has 6 nitrogen and oxygen atoms in total. The number of hydrogen-bond acceptors (Lipinski definition) is 6. The van der Waals surface area contributed by atoms with E-state index in [1.165, 1.54) is 0 Å². The molecule has 6 heteroatoms. The van der Waals surface area contributed by atoms with Crippen molar-refractivity contribution in [1.29, 1.82) is 0 Å². The second-order valence-corrected chi connectivity index (χ2v) is 5.11. The van der Waals surface area contributed by atoms with Crippen LogP contribution in [0.4, 0.5) is 11.6 Å². The van der Waals surface area contributed by atoms with Crippen LogP contribution in [0.2, 0.25) is 0 Å². The summed E-state index contributed by atoms with van der Waals surface area (Å²) in [6.07, 6.45) is 0.390. The fraction of sp³-hybridized carbons (Fsp3) is 0.714. The summed E-state index contributed by atoms with van der Waals surface area (Å²) >= 11 is 0. The van der Waals surface area contributed by atoms with Gasteiger partial charge in [0.2, 0.25) is 0 Å². The summed E-state index contributed by atoms with van der Waals surface area (Å²) in [4.78, 5) is 8.69. The molecule has 114 valence electrons. The molecular formula is C14H26N4O2. The van der Waals surface area contributed by atoms with Gasteiger partial charge in [0, 0.05) is 26.3 Å². The maximum atomic E-state index is 9.87. The highest BCUT2D eigenvalue weighted by molar-refractivity contribution is 5.47. The Labute approximate surface area is 121 Å². The van der Waals surface area contributed by atoms with Crippen molar-refractivity contribution < 1.29 is 9.84 Å². The van der Waals surface area contributed by atoms with E-state index < -0.39 is 0 Å². The van der Waals surface area contributed by atoms with Gasteiger partial charge in [0.15, 0.2) is 5.82 Å². The highest BCUT2D eigenvalue weighted by Crippen LogP contribution is 2.12. The molecular weight excluding hydrogens is 256 g/mol.